The van der Waals surface area contributed by atoms with Crippen LogP contribution in [0, 0.1) is 0 Å². The number of hydrogen-bond donors (Lipinski definition) is 1. The quantitative estimate of drug-likeness (QED) is 0.739. The summed E-state index contributed by atoms with van der Waals surface area (Å²) in [6.45, 7) is 0. The zero-order valence-corrected chi connectivity index (χ0v) is 8.56. The van der Waals surface area contributed by atoms with Crippen LogP contribution in [0.15, 0.2) is 27.4 Å². The fourth-order valence-corrected chi connectivity index (χ4v) is 1.46. The highest BCUT2D eigenvalue weighted by molar-refractivity contribution is 5.73. The van der Waals surface area contributed by atoms with E-state index in [4.69, 9.17) is 14.9 Å². The third-order valence-corrected chi connectivity index (χ3v) is 2.40. The predicted molar refractivity (Wildman–Crippen MR) is 55.4 cm³/mol. The van der Waals surface area contributed by atoms with Crippen molar-refractivity contribution in [2.75, 3.05) is 7.11 Å². The summed E-state index contributed by atoms with van der Waals surface area (Å²) in [5.41, 5.74) is 7.77. The molecular weight excluding hydrogens is 196 g/mol. The average molecular weight is 208 g/mol. The summed E-state index contributed by atoms with van der Waals surface area (Å²) >= 11 is 0. The third kappa shape index (κ3) is 1.55. The maximum atomic E-state index is 11.2. The number of hydrogen-bond acceptors (Lipinski definition) is 4. The zero-order chi connectivity index (χ0) is 11.0. The van der Waals surface area contributed by atoms with Crippen LogP contribution >= 0.6 is 0 Å². The van der Waals surface area contributed by atoms with Crippen molar-refractivity contribution in [3.05, 3.63) is 34.3 Å². The van der Waals surface area contributed by atoms with E-state index >= 15 is 0 Å². The van der Waals surface area contributed by atoms with Gasteiger partial charge in [0.2, 0.25) is 0 Å². The van der Waals surface area contributed by atoms with Crippen LogP contribution in [0.2, 0.25) is 0 Å². The minimum absolute atomic E-state index is 0.381. The fraction of sp³-hybridized carbons (Fsp3) is 0.300. The van der Waals surface area contributed by atoms with Gasteiger partial charge in [-0.1, -0.05) is 6.07 Å². The summed E-state index contributed by atoms with van der Waals surface area (Å²) in [7, 11) is 3.18. The van der Waals surface area contributed by atoms with Gasteiger partial charge in [0.05, 0.1) is 5.52 Å². The Morgan fingerprint density at radius 3 is 2.93 bits per heavy atom. The Kier molecular flexibility index (Phi) is 2.34. The molecule has 0 saturated carbocycles. The number of methoxy groups -OCH3 is 1. The molecule has 0 fully saturated rings. The Morgan fingerprint density at radius 2 is 2.27 bits per heavy atom. The van der Waals surface area contributed by atoms with Crippen LogP contribution in [-0.4, -0.2) is 11.7 Å². The topological polar surface area (TPSA) is 70.4 Å². The SMILES string of the molecule is COC(N)c1ccc2oc(=O)n(C)c2c1. The van der Waals surface area contributed by atoms with Crippen LogP contribution < -0.4 is 11.5 Å². The maximum Gasteiger partial charge on any atom is 0.419 e. The van der Waals surface area contributed by atoms with Gasteiger partial charge in [-0.15, -0.1) is 0 Å². The van der Waals surface area contributed by atoms with Gasteiger partial charge in [-0.25, -0.2) is 4.79 Å². The number of ether oxygens (including phenoxy) is 1. The van der Waals surface area contributed by atoms with Gasteiger partial charge in [0.25, 0.3) is 0 Å². The molecule has 5 nitrogen and oxygen atoms in total. The largest absolute Gasteiger partial charge is 0.419 e. The van der Waals surface area contributed by atoms with Gasteiger partial charge in [0.1, 0.15) is 6.23 Å². The van der Waals surface area contributed by atoms with Gasteiger partial charge < -0.3 is 14.9 Å². The molecule has 0 radical (unpaired) electrons. The lowest BCUT2D eigenvalue weighted by atomic mass is 10.2. The van der Waals surface area contributed by atoms with Gasteiger partial charge >= 0.3 is 5.76 Å². The molecular formula is C10H12N2O3. The van der Waals surface area contributed by atoms with Crippen molar-refractivity contribution in [2.24, 2.45) is 12.8 Å². The summed E-state index contributed by atoms with van der Waals surface area (Å²) in [6.07, 6.45) is -0.487. The van der Waals surface area contributed by atoms with Crippen molar-refractivity contribution in [1.29, 1.82) is 0 Å². The second-order valence-electron chi connectivity index (χ2n) is 3.31. The second-order valence-corrected chi connectivity index (χ2v) is 3.31. The molecule has 1 aromatic heterocycles. The lowest BCUT2D eigenvalue weighted by Crippen LogP contribution is -2.12. The van der Waals surface area contributed by atoms with Gasteiger partial charge in [0.15, 0.2) is 5.58 Å². The van der Waals surface area contributed by atoms with Gasteiger partial charge in [-0.3, -0.25) is 4.57 Å². The molecule has 1 aromatic carbocycles. The molecule has 0 aliphatic carbocycles. The first kappa shape index (κ1) is 9.95. The highest BCUT2D eigenvalue weighted by atomic mass is 16.5. The van der Waals surface area contributed by atoms with Crippen molar-refractivity contribution in [3.63, 3.8) is 0 Å². The monoisotopic (exact) mass is 208 g/mol. The molecule has 1 unspecified atom stereocenters. The van der Waals surface area contributed by atoms with Crippen molar-refractivity contribution in [3.8, 4) is 0 Å². The van der Waals surface area contributed by atoms with Crippen LogP contribution in [0.5, 0.6) is 0 Å². The smallest absolute Gasteiger partial charge is 0.408 e. The third-order valence-electron chi connectivity index (χ3n) is 2.40. The van der Waals surface area contributed by atoms with E-state index in [1.807, 2.05) is 0 Å². The molecule has 2 rings (SSSR count). The summed E-state index contributed by atoms with van der Waals surface area (Å²) in [5, 5.41) is 0. The number of fused-ring (bicyclic) bond motifs is 1. The van der Waals surface area contributed by atoms with Gasteiger partial charge in [0, 0.05) is 14.2 Å². The van der Waals surface area contributed by atoms with E-state index in [1.165, 1.54) is 11.7 Å². The molecule has 2 aromatic rings. The van der Waals surface area contributed by atoms with Crippen molar-refractivity contribution >= 4 is 11.1 Å². The number of aryl methyl sites for hydroxylation is 1. The number of nitrogens with zero attached hydrogens (tertiary/aromatic N) is 1. The van der Waals surface area contributed by atoms with E-state index in [-0.39, 0.29) is 5.76 Å². The van der Waals surface area contributed by atoms with E-state index in [9.17, 15) is 4.79 Å². The van der Waals surface area contributed by atoms with Gasteiger partial charge in [-0.05, 0) is 17.7 Å². The van der Waals surface area contributed by atoms with Crippen LogP contribution in [0.3, 0.4) is 0 Å². The Labute approximate surface area is 86.0 Å². The van der Waals surface area contributed by atoms with Crippen LogP contribution in [-0.2, 0) is 11.8 Å². The standard InChI is InChI=1S/C10H12N2O3/c1-12-7-5-6(9(11)14-2)3-4-8(7)15-10(12)13/h3-5,9H,11H2,1-2H3. The molecule has 80 valence electrons. The van der Waals surface area contributed by atoms with Crippen molar-refractivity contribution in [1.82, 2.24) is 4.57 Å². The van der Waals surface area contributed by atoms with E-state index in [2.05, 4.69) is 0 Å². The van der Waals surface area contributed by atoms with E-state index in [1.54, 1.807) is 25.2 Å². The first-order valence-corrected chi connectivity index (χ1v) is 4.51. The molecule has 0 aliphatic heterocycles. The van der Waals surface area contributed by atoms with Crippen molar-refractivity contribution in [2.45, 2.75) is 6.23 Å². The van der Waals surface area contributed by atoms with Crippen LogP contribution in [0.4, 0.5) is 0 Å². The lowest BCUT2D eigenvalue weighted by molar-refractivity contribution is 0.109. The maximum absolute atomic E-state index is 11.2. The fourth-order valence-electron chi connectivity index (χ4n) is 1.46. The molecule has 1 atom stereocenters. The molecule has 5 heteroatoms. The molecule has 0 bridgehead atoms. The summed E-state index contributed by atoms with van der Waals surface area (Å²) in [4.78, 5) is 11.2. The Hall–Kier alpha value is -1.59. The zero-order valence-electron chi connectivity index (χ0n) is 8.56. The minimum atomic E-state index is -0.487. The lowest BCUT2D eigenvalue weighted by Gasteiger charge is -2.09. The predicted octanol–water partition coefficient (Wildman–Crippen LogP) is 0.735. The van der Waals surface area contributed by atoms with Crippen LogP contribution in [0.1, 0.15) is 11.8 Å². The molecule has 1 heterocycles. The first-order valence-electron chi connectivity index (χ1n) is 4.51. The van der Waals surface area contributed by atoms with E-state index in [0.717, 1.165) is 5.56 Å². The minimum Gasteiger partial charge on any atom is -0.408 e. The Morgan fingerprint density at radius 1 is 1.53 bits per heavy atom. The molecule has 0 saturated heterocycles. The molecule has 15 heavy (non-hydrogen) atoms. The molecule has 0 aliphatic rings. The van der Waals surface area contributed by atoms with Gasteiger partial charge in [-0.2, -0.15) is 0 Å². The number of aromatic nitrogens is 1. The first-order chi connectivity index (χ1) is 7.13. The number of benzene rings is 1. The number of nitrogens with two attached hydrogens (primary N) is 1. The molecule has 0 spiro atoms. The molecule has 0 amide bonds. The Balaban J connectivity index is 2.64. The summed E-state index contributed by atoms with van der Waals surface area (Å²) in [5.74, 6) is -0.381. The second kappa shape index (κ2) is 3.52. The summed E-state index contributed by atoms with van der Waals surface area (Å²) in [6, 6.07) is 5.28. The molecule has 2 N–H and O–H groups in total. The van der Waals surface area contributed by atoms with E-state index in [0.29, 0.717) is 11.1 Å². The number of oxazole rings is 1. The highest BCUT2D eigenvalue weighted by Crippen LogP contribution is 2.18. The normalized spacial score (nSPS) is 13.3. The number of rotatable bonds is 2. The average Bonchev–Trinajstić information content (AvgIpc) is 2.54. The van der Waals surface area contributed by atoms with Crippen molar-refractivity contribution < 1.29 is 9.15 Å². The highest BCUT2D eigenvalue weighted by Gasteiger charge is 2.09. The van der Waals surface area contributed by atoms with Crippen LogP contribution in [0.25, 0.3) is 11.1 Å². The summed E-state index contributed by atoms with van der Waals surface area (Å²) < 4.78 is 11.4. The Bertz CT molecular complexity index is 541. The van der Waals surface area contributed by atoms with E-state index < -0.39 is 6.23 Å².